The zero-order chi connectivity index (χ0) is 22.3. The number of aldehydes is 1. The summed E-state index contributed by atoms with van der Waals surface area (Å²) >= 11 is 0. The molecule has 1 aliphatic heterocycles. The van der Waals surface area contributed by atoms with Crippen LogP contribution >= 0.6 is 0 Å². The van der Waals surface area contributed by atoms with E-state index in [1.54, 1.807) is 18.3 Å². The zero-order valence-electron chi connectivity index (χ0n) is 17.6. The lowest BCUT2D eigenvalue weighted by Crippen LogP contribution is -2.73. The number of aliphatic hydroxyl groups is 1. The van der Waals surface area contributed by atoms with Crippen LogP contribution in [0.2, 0.25) is 0 Å². The molecule has 1 aliphatic rings. The van der Waals surface area contributed by atoms with Crippen LogP contribution in [0.15, 0.2) is 42.6 Å². The van der Waals surface area contributed by atoms with E-state index >= 15 is 0 Å². The van der Waals surface area contributed by atoms with Crippen molar-refractivity contribution in [3.63, 3.8) is 0 Å². The Morgan fingerprint density at radius 1 is 1.26 bits per heavy atom. The molecular weight excluding hydrogens is 418 g/mol. The van der Waals surface area contributed by atoms with Crippen molar-refractivity contribution in [1.29, 1.82) is 0 Å². The Morgan fingerprint density at radius 3 is 2.84 bits per heavy atom. The van der Waals surface area contributed by atoms with E-state index in [2.05, 4.69) is 14.9 Å². The third-order valence-electron chi connectivity index (χ3n) is 4.53. The second kappa shape index (κ2) is 14.4. The largest absolute Gasteiger partial charge is 0.473 e. The molecule has 168 valence electrons. The van der Waals surface area contributed by atoms with E-state index in [9.17, 15) is 18.9 Å². The fourth-order valence-electron chi connectivity index (χ4n) is 3.07. The Kier molecular flexibility index (Phi) is 11.4. The van der Waals surface area contributed by atoms with Crippen molar-refractivity contribution in [3.05, 3.63) is 48.2 Å². The number of carbonyl (C=O) groups excluding carboxylic acids is 2. The van der Waals surface area contributed by atoms with Crippen LogP contribution in [0, 0.1) is 0 Å². The quantitative estimate of drug-likeness (QED) is 0.145. The van der Waals surface area contributed by atoms with Gasteiger partial charge in [-0.05, 0) is 61.9 Å². The van der Waals surface area contributed by atoms with Crippen molar-refractivity contribution in [2.24, 2.45) is 0 Å². The van der Waals surface area contributed by atoms with Crippen LogP contribution in [-0.4, -0.2) is 74.9 Å². The van der Waals surface area contributed by atoms with Gasteiger partial charge in [0, 0.05) is 29.6 Å². The smallest absolute Gasteiger partial charge is 0.345 e. The van der Waals surface area contributed by atoms with Gasteiger partial charge in [0.1, 0.15) is 18.6 Å². The van der Waals surface area contributed by atoms with E-state index in [0.29, 0.717) is 25.3 Å². The maximum absolute atomic E-state index is 11.8. The normalized spacial score (nSPS) is 16.6. The number of pyridine rings is 1. The van der Waals surface area contributed by atoms with Gasteiger partial charge in [-0.3, -0.25) is 18.7 Å². The molecule has 2 heterocycles. The van der Waals surface area contributed by atoms with Crippen molar-refractivity contribution >= 4 is 28.8 Å². The molecule has 1 unspecified atom stereocenters. The summed E-state index contributed by atoms with van der Waals surface area (Å²) in [5.41, 5.74) is 1.19. The molecule has 1 fully saturated rings. The number of ether oxygens (including phenoxy) is 1. The Morgan fingerprint density at radius 2 is 2.06 bits per heavy atom. The number of piperidine rings is 1. The maximum atomic E-state index is 11.8. The highest BCUT2D eigenvalue weighted by Gasteiger charge is 2.12. The van der Waals surface area contributed by atoms with E-state index in [-0.39, 0.29) is 17.4 Å². The molecule has 0 aliphatic carbocycles. The second-order valence-electron chi connectivity index (χ2n) is 7.14. The van der Waals surface area contributed by atoms with Gasteiger partial charge < -0.3 is 9.84 Å². The number of nitrogens with zero attached hydrogens (tertiary/aromatic N) is 2. The lowest BCUT2D eigenvalue weighted by molar-refractivity contribution is -0.454. The Balaban J connectivity index is 1.67. The Hall–Kier alpha value is -2.65. The average molecular weight is 449 g/mol. The van der Waals surface area contributed by atoms with Crippen LogP contribution in [0.3, 0.4) is 0 Å². The summed E-state index contributed by atoms with van der Waals surface area (Å²) in [6.45, 7) is 3.85. The first-order valence-electron chi connectivity index (χ1n) is 10.3. The number of carbonyl (C=O) groups is 2. The summed E-state index contributed by atoms with van der Waals surface area (Å²) < 4.78 is 17.4. The minimum absolute atomic E-state index is 0.154. The van der Waals surface area contributed by atoms with Crippen LogP contribution in [0.5, 0.6) is 5.88 Å². The number of allylic oxidation sites excluding steroid dienone is 2. The summed E-state index contributed by atoms with van der Waals surface area (Å²) in [5, 5.41) is 9.76. The van der Waals surface area contributed by atoms with Gasteiger partial charge in [0.25, 0.3) is 0 Å². The summed E-state index contributed by atoms with van der Waals surface area (Å²) in [4.78, 5) is 30.9. The predicted molar refractivity (Wildman–Crippen MR) is 120 cm³/mol. The molecular formula is C22H30N3O5S+. The molecule has 2 rings (SSSR count). The van der Waals surface area contributed by atoms with Crippen LogP contribution in [-0.2, 0) is 26.9 Å². The van der Waals surface area contributed by atoms with E-state index in [1.807, 2.05) is 12.1 Å². The average Bonchev–Trinajstić information content (AvgIpc) is 2.75. The van der Waals surface area contributed by atoms with Gasteiger partial charge in [0.15, 0.2) is 12.3 Å². The van der Waals surface area contributed by atoms with E-state index in [1.165, 1.54) is 24.8 Å². The first-order valence-corrected chi connectivity index (χ1v) is 11.8. The molecule has 8 nitrogen and oxygen atoms in total. The third kappa shape index (κ3) is 10.8. The highest BCUT2D eigenvalue weighted by molar-refractivity contribution is 7.86. The van der Waals surface area contributed by atoms with Gasteiger partial charge in [0.05, 0.1) is 5.75 Å². The highest BCUT2D eigenvalue weighted by Crippen LogP contribution is 2.15. The molecule has 9 heteroatoms. The van der Waals surface area contributed by atoms with E-state index < -0.39 is 16.6 Å². The molecule has 0 radical (unpaired) electrons. The van der Waals surface area contributed by atoms with Crippen LogP contribution in [0.4, 0.5) is 0 Å². The van der Waals surface area contributed by atoms with Crippen LogP contribution in [0.25, 0.3) is 0 Å². The van der Waals surface area contributed by atoms with Gasteiger partial charge >= 0.3 is 5.90 Å². The number of nitrogens with one attached hydrogen (secondary N) is 1. The fourth-order valence-corrected chi connectivity index (χ4v) is 4.00. The lowest BCUT2D eigenvalue weighted by Gasteiger charge is -2.26. The summed E-state index contributed by atoms with van der Waals surface area (Å²) in [7, 11) is -1.55. The predicted octanol–water partition coefficient (Wildman–Crippen LogP) is 0.113. The SMILES string of the molecule is O=C/C=C/C(=O)CS(=O)CC(O)=[NH+]C/C=C/COc1cc(CN2CCCCC2)ccn1. The van der Waals surface area contributed by atoms with Crippen molar-refractivity contribution < 1.29 is 28.6 Å². The molecule has 1 aromatic rings. The molecule has 0 spiro atoms. The highest BCUT2D eigenvalue weighted by atomic mass is 32.2. The molecule has 31 heavy (non-hydrogen) atoms. The van der Waals surface area contributed by atoms with Crippen LogP contribution < -0.4 is 9.73 Å². The monoisotopic (exact) mass is 448 g/mol. The molecule has 2 N–H and O–H groups in total. The van der Waals surface area contributed by atoms with Gasteiger partial charge in [0.2, 0.25) is 5.88 Å². The topological polar surface area (TPSA) is 111 Å². The molecule has 0 aromatic carbocycles. The minimum atomic E-state index is -1.55. The van der Waals surface area contributed by atoms with Crippen molar-refractivity contribution in [3.8, 4) is 5.88 Å². The fraction of sp³-hybridized carbons (Fsp3) is 0.455. The molecule has 0 bridgehead atoms. The summed E-state index contributed by atoms with van der Waals surface area (Å²) in [6, 6.07) is 3.97. The molecule has 1 aromatic heterocycles. The number of hydrogen-bond donors (Lipinski definition) is 2. The van der Waals surface area contributed by atoms with Crippen LogP contribution in [0.1, 0.15) is 24.8 Å². The summed E-state index contributed by atoms with van der Waals surface area (Å²) in [5.74, 6) is -0.417. The standard InChI is InChI=1S/C22H29N3O5S/c26-13-6-7-20(27)17-31(29)18-21(28)23-9-2-5-14-30-22-15-19(8-10-24-22)16-25-11-3-1-4-12-25/h2,5-8,10,13,15H,1,3-4,9,11-12,14,16-18H2,(H,23,28)/p+1/b5-2+,7-6+. The number of aliphatic hydroxyl groups excluding tert-OH is 1. The van der Waals surface area contributed by atoms with Gasteiger partial charge in [-0.2, -0.15) is 0 Å². The Bertz CT molecular complexity index is 832. The number of hydrogen-bond acceptors (Lipinski definition) is 6. The maximum Gasteiger partial charge on any atom is 0.345 e. The minimum Gasteiger partial charge on any atom is -0.473 e. The first kappa shape index (κ1) is 24.6. The third-order valence-corrected chi connectivity index (χ3v) is 5.74. The molecule has 1 saturated heterocycles. The van der Waals surface area contributed by atoms with Crippen molar-refractivity contribution in [2.75, 3.05) is 37.7 Å². The van der Waals surface area contributed by atoms with E-state index in [4.69, 9.17) is 4.74 Å². The first-order chi connectivity index (χ1) is 15.1. The number of likely N-dealkylation sites (tertiary alicyclic amines) is 1. The number of aromatic nitrogens is 1. The van der Waals surface area contributed by atoms with Crippen molar-refractivity contribution in [1.82, 2.24) is 9.88 Å². The number of ketones is 1. The summed E-state index contributed by atoms with van der Waals surface area (Å²) in [6.07, 6.45) is 11.7. The van der Waals surface area contributed by atoms with Gasteiger partial charge in [-0.1, -0.05) is 6.42 Å². The molecule has 0 amide bonds. The zero-order valence-corrected chi connectivity index (χ0v) is 18.4. The Labute approximate surface area is 185 Å². The molecule has 0 saturated carbocycles. The lowest BCUT2D eigenvalue weighted by atomic mass is 10.1. The van der Waals surface area contributed by atoms with Gasteiger partial charge in [-0.25, -0.2) is 9.98 Å². The van der Waals surface area contributed by atoms with E-state index in [0.717, 1.165) is 31.8 Å². The van der Waals surface area contributed by atoms with Gasteiger partial charge in [-0.15, -0.1) is 0 Å². The molecule has 1 atom stereocenters. The number of rotatable bonds is 13. The van der Waals surface area contributed by atoms with Crippen molar-refractivity contribution in [2.45, 2.75) is 25.8 Å². The second-order valence-corrected chi connectivity index (χ2v) is 8.60.